The van der Waals surface area contributed by atoms with Gasteiger partial charge in [-0.3, -0.25) is 4.98 Å². The van der Waals surface area contributed by atoms with Gasteiger partial charge in [0.1, 0.15) is 0 Å². The summed E-state index contributed by atoms with van der Waals surface area (Å²) in [6.45, 7) is 4.74. The molecule has 1 aliphatic carbocycles. The molecule has 1 aromatic heterocycles. The molecule has 65 heavy (non-hydrogen) atoms. The maximum Gasteiger partial charge on any atom is 0.0353 e. The molecule has 0 saturated carbocycles. The van der Waals surface area contributed by atoms with E-state index in [1.165, 1.54) is 126 Å². The summed E-state index contributed by atoms with van der Waals surface area (Å²) in [5.74, 6) is 0. The lowest BCUT2D eigenvalue weighted by Crippen LogP contribution is -2.14. The van der Waals surface area contributed by atoms with E-state index in [1.54, 1.807) is 0 Å². The maximum atomic E-state index is 4.77. The molecule has 1 aliphatic rings. The zero-order chi connectivity index (χ0) is 43.2. The Morgan fingerprint density at radius 1 is 0.292 bits per heavy atom. The van der Waals surface area contributed by atoms with Crippen molar-refractivity contribution in [2.45, 2.75) is 19.3 Å². The minimum Gasteiger partial charge on any atom is -0.264 e. The predicted molar refractivity (Wildman–Crippen MR) is 277 cm³/mol. The molecule has 0 unspecified atom stereocenters. The average molecular weight is 826 g/mol. The smallest absolute Gasteiger partial charge is 0.0353 e. The Kier molecular flexibility index (Phi) is 8.32. The fraction of sp³-hybridized carbons (Fsp3) is 0.0469. The Morgan fingerprint density at radius 2 is 0.785 bits per heavy atom. The fourth-order valence-corrected chi connectivity index (χ4v) is 11.3. The van der Waals surface area contributed by atoms with Gasteiger partial charge in [-0.25, -0.2) is 0 Å². The third-order valence-electron chi connectivity index (χ3n) is 14.3. The molecule has 0 spiro atoms. The van der Waals surface area contributed by atoms with E-state index in [1.807, 2.05) is 6.20 Å². The second-order valence-corrected chi connectivity index (χ2v) is 18.2. The molecule has 0 saturated heterocycles. The Balaban J connectivity index is 1.02. The monoisotopic (exact) mass is 825 g/mol. The first kappa shape index (κ1) is 37.4. The van der Waals surface area contributed by atoms with Crippen molar-refractivity contribution >= 4 is 53.9 Å². The summed E-state index contributed by atoms with van der Waals surface area (Å²) in [5, 5.41) is 12.3. The second kappa shape index (κ2) is 14.5. The van der Waals surface area contributed by atoms with Crippen molar-refractivity contribution in [3.8, 4) is 66.8 Å². The third-order valence-corrected chi connectivity index (χ3v) is 14.3. The van der Waals surface area contributed by atoms with E-state index in [0.717, 1.165) is 5.39 Å². The number of benzene rings is 11. The van der Waals surface area contributed by atoms with Gasteiger partial charge in [-0.15, -0.1) is 0 Å². The van der Waals surface area contributed by atoms with E-state index in [9.17, 15) is 0 Å². The molecule has 1 heteroatoms. The SMILES string of the molecule is CC1(C)c2ccccc2-c2ccc(-c3c4ccncc4c(-c4ccc5ccccc5c4)c4ccc(-c5ccc(-c6c7ccccc7c(-c7ccccc7)c7ccccc67)cc5)cc34)cc21. The van der Waals surface area contributed by atoms with Crippen LogP contribution in [0.3, 0.4) is 0 Å². The van der Waals surface area contributed by atoms with Gasteiger partial charge in [-0.1, -0.05) is 202 Å². The highest BCUT2D eigenvalue weighted by atomic mass is 14.6. The standard InChI is InChI=1S/C64H43N/c1-64(2)58-23-13-12-18-48(58)49-32-31-47(38-59(49)64)62-55-34-35-65-39-57(55)63(46-29-26-40-14-6-7-17-44(40)36-46)54-33-30-45(37-56(54)62)41-24-27-43(28-25-41)61-52-21-10-8-19-50(52)60(42-15-4-3-5-16-42)51-20-9-11-22-53(51)61/h3-39H,1-2H3. The first-order valence-electron chi connectivity index (χ1n) is 22.7. The van der Waals surface area contributed by atoms with Gasteiger partial charge in [0.2, 0.25) is 0 Å². The summed E-state index contributed by atoms with van der Waals surface area (Å²) in [7, 11) is 0. The molecule has 13 rings (SSSR count). The Bertz CT molecular complexity index is 3840. The van der Waals surface area contributed by atoms with E-state index >= 15 is 0 Å². The van der Waals surface area contributed by atoms with E-state index in [-0.39, 0.29) is 5.41 Å². The number of rotatable bonds is 5. The van der Waals surface area contributed by atoms with Gasteiger partial charge in [0, 0.05) is 23.2 Å². The van der Waals surface area contributed by atoms with Crippen LogP contribution in [0.25, 0.3) is 121 Å². The molecule has 1 heterocycles. The van der Waals surface area contributed by atoms with Gasteiger partial charge in [0.05, 0.1) is 0 Å². The largest absolute Gasteiger partial charge is 0.264 e. The number of pyridine rings is 1. The second-order valence-electron chi connectivity index (χ2n) is 18.2. The molecular formula is C64H43N. The summed E-state index contributed by atoms with van der Waals surface area (Å²) < 4.78 is 0. The maximum absolute atomic E-state index is 4.77. The van der Waals surface area contributed by atoms with Crippen LogP contribution in [-0.2, 0) is 5.41 Å². The topological polar surface area (TPSA) is 12.9 Å². The number of hydrogen-bond donors (Lipinski definition) is 0. The van der Waals surface area contributed by atoms with Gasteiger partial charge in [0.15, 0.2) is 0 Å². The normalized spacial score (nSPS) is 12.9. The molecule has 0 fully saturated rings. The molecule has 0 N–H and O–H groups in total. The molecule has 11 aromatic carbocycles. The van der Waals surface area contributed by atoms with Crippen LogP contribution < -0.4 is 0 Å². The lowest BCUT2D eigenvalue weighted by molar-refractivity contribution is 0.660. The minimum atomic E-state index is -0.119. The van der Waals surface area contributed by atoms with Crippen LogP contribution in [0.4, 0.5) is 0 Å². The van der Waals surface area contributed by atoms with Crippen LogP contribution in [0.1, 0.15) is 25.0 Å². The van der Waals surface area contributed by atoms with Crippen molar-refractivity contribution in [2.75, 3.05) is 0 Å². The molecule has 304 valence electrons. The lowest BCUT2D eigenvalue weighted by atomic mass is 9.80. The van der Waals surface area contributed by atoms with Crippen molar-refractivity contribution in [1.82, 2.24) is 4.98 Å². The quantitative estimate of drug-likeness (QED) is 0.158. The first-order valence-corrected chi connectivity index (χ1v) is 22.7. The van der Waals surface area contributed by atoms with Crippen LogP contribution in [0, 0.1) is 0 Å². The van der Waals surface area contributed by atoms with Gasteiger partial charge in [-0.2, -0.15) is 0 Å². The molecule has 12 aromatic rings. The summed E-state index contributed by atoms with van der Waals surface area (Å²) in [4.78, 5) is 4.77. The highest BCUT2D eigenvalue weighted by Crippen LogP contribution is 2.52. The molecule has 0 amide bonds. The molecule has 0 aliphatic heterocycles. The van der Waals surface area contributed by atoms with Crippen LogP contribution in [0.15, 0.2) is 225 Å². The number of hydrogen-bond acceptors (Lipinski definition) is 1. The number of aromatic nitrogens is 1. The van der Waals surface area contributed by atoms with Gasteiger partial charge < -0.3 is 0 Å². The third kappa shape index (κ3) is 5.75. The Labute approximate surface area is 378 Å². The van der Waals surface area contributed by atoms with E-state index in [2.05, 4.69) is 232 Å². The van der Waals surface area contributed by atoms with Gasteiger partial charge in [0.25, 0.3) is 0 Å². The highest BCUT2D eigenvalue weighted by molar-refractivity contribution is 6.23. The molecule has 0 atom stereocenters. The van der Waals surface area contributed by atoms with Crippen LogP contribution in [0.2, 0.25) is 0 Å². The fourth-order valence-electron chi connectivity index (χ4n) is 11.3. The average Bonchev–Trinajstić information content (AvgIpc) is 3.59. The van der Waals surface area contributed by atoms with E-state index in [4.69, 9.17) is 4.98 Å². The van der Waals surface area contributed by atoms with Crippen molar-refractivity contribution < 1.29 is 0 Å². The van der Waals surface area contributed by atoms with Crippen molar-refractivity contribution in [3.63, 3.8) is 0 Å². The zero-order valence-electron chi connectivity index (χ0n) is 36.3. The summed E-state index contributed by atoms with van der Waals surface area (Å²) >= 11 is 0. The Hall–Kier alpha value is -8.13. The van der Waals surface area contributed by atoms with Crippen molar-refractivity contribution in [2.24, 2.45) is 0 Å². The lowest BCUT2D eigenvalue weighted by Gasteiger charge is -2.23. The van der Waals surface area contributed by atoms with Crippen LogP contribution in [-0.4, -0.2) is 4.98 Å². The molecule has 0 bridgehead atoms. The van der Waals surface area contributed by atoms with Gasteiger partial charge in [-0.05, 0) is 151 Å². The summed E-state index contributed by atoms with van der Waals surface area (Å²) in [5.41, 5.74) is 17.5. The first-order chi connectivity index (χ1) is 32.0. The molecule has 0 radical (unpaired) electrons. The zero-order valence-corrected chi connectivity index (χ0v) is 36.3. The summed E-state index contributed by atoms with van der Waals surface area (Å²) in [6.07, 6.45) is 4.03. The Morgan fingerprint density at radius 3 is 1.52 bits per heavy atom. The molecular weight excluding hydrogens is 783 g/mol. The van der Waals surface area contributed by atoms with Gasteiger partial charge >= 0.3 is 0 Å². The predicted octanol–water partition coefficient (Wildman–Crippen LogP) is 17.5. The number of nitrogens with zero attached hydrogens (tertiary/aromatic N) is 1. The van der Waals surface area contributed by atoms with Crippen molar-refractivity contribution in [1.29, 1.82) is 0 Å². The highest BCUT2D eigenvalue weighted by Gasteiger charge is 2.35. The minimum absolute atomic E-state index is 0.119. The van der Waals surface area contributed by atoms with E-state index in [0.29, 0.717) is 0 Å². The number of fused-ring (bicyclic) bond motifs is 8. The van der Waals surface area contributed by atoms with Crippen molar-refractivity contribution in [3.05, 3.63) is 236 Å². The van der Waals surface area contributed by atoms with Crippen LogP contribution >= 0.6 is 0 Å². The van der Waals surface area contributed by atoms with Crippen LogP contribution in [0.5, 0.6) is 0 Å². The molecule has 1 nitrogen and oxygen atoms in total. The van der Waals surface area contributed by atoms with E-state index < -0.39 is 0 Å². The summed E-state index contributed by atoms with van der Waals surface area (Å²) in [6, 6.07) is 78.8.